The van der Waals surface area contributed by atoms with Gasteiger partial charge in [-0.3, -0.25) is 19.2 Å². The topological polar surface area (TPSA) is 228 Å². The van der Waals surface area contributed by atoms with Crippen molar-refractivity contribution in [1.29, 1.82) is 0 Å². The molecule has 0 spiro atoms. The smallest absolute Gasteiger partial charge is 0.326 e. The molecule has 0 rings (SSSR count). The second-order valence-electron chi connectivity index (χ2n) is 6.40. The van der Waals surface area contributed by atoms with Gasteiger partial charge >= 0.3 is 11.9 Å². The maximum Gasteiger partial charge on any atom is 0.326 e. The minimum atomic E-state index is -1.78. The van der Waals surface area contributed by atoms with Crippen LogP contribution in [0.2, 0.25) is 0 Å². The highest BCUT2D eigenvalue weighted by Crippen LogP contribution is 2.05. The van der Waals surface area contributed by atoms with E-state index in [-0.39, 0.29) is 5.92 Å². The Balaban J connectivity index is 5.04. The van der Waals surface area contributed by atoms with Gasteiger partial charge in [0.2, 0.25) is 17.7 Å². The molecule has 0 radical (unpaired) electrons. The lowest BCUT2D eigenvalue weighted by atomic mass is 9.99. The van der Waals surface area contributed by atoms with Crippen molar-refractivity contribution in [1.82, 2.24) is 16.0 Å². The number of aliphatic hydroxyl groups excluding tert-OH is 2. The third-order valence-electron chi connectivity index (χ3n) is 4.18. The van der Waals surface area contributed by atoms with Crippen LogP contribution in [0.3, 0.4) is 0 Å². The molecule has 0 heterocycles. The number of carboxylic acids is 2. The first-order chi connectivity index (χ1) is 13.5. The molecule has 0 saturated heterocycles. The summed E-state index contributed by atoms with van der Waals surface area (Å²) in [6.07, 6.45) is -0.325. The van der Waals surface area contributed by atoms with Crippen molar-refractivity contribution in [3.05, 3.63) is 0 Å². The van der Waals surface area contributed by atoms with E-state index in [0.717, 1.165) is 0 Å². The Morgan fingerprint density at radius 2 is 1.24 bits per heavy atom. The van der Waals surface area contributed by atoms with Crippen LogP contribution >= 0.6 is 0 Å². The third-order valence-corrected chi connectivity index (χ3v) is 4.18. The molecule has 166 valence electrons. The van der Waals surface area contributed by atoms with E-state index in [0.29, 0.717) is 6.42 Å². The van der Waals surface area contributed by atoms with Gasteiger partial charge in [-0.05, 0) is 5.92 Å². The summed E-state index contributed by atoms with van der Waals surface area (Å²) in [5, 5.41) is 42.4. The Hall–Kier alpha value is -2.77. The predicted octanol–water partition coefficient (Wildman–Crippen LogP) is -3.64. The zero-order valence-corrected chi connectivity index (χ0v) is 16.1. The molecule has 0 bridgehead atoms. The summed E-state index contributed by atoms with van der Waals surface area (Å²) in [6, 6.07) is -5.85. The summed E-state index contributed by atoms with van der Waals surface area (Å²) < 4.78 is 0. The highest BCUT2D eigenvalue weighted by atomic mass is 16.4. The van der Waals surface area contributed by atoms with Gasteiger partial charge in [0.25, 0.3) is 0 Å². The van der Waals surface area contributed by atoms with Gasteiger partial charge in [-0.25, -0.2) is 4.79 Å². The van der Waals surface area contributed by atoms with E-state index in [1.165, 1.54) is 0 Å². The maximum atomic E-state index is 12.2. The number of aliphatic hydroxyl groups is 2. The molecule has 3 amide bonds. The van der Waals surface area contributed by atoms with Gasteiger partial charge in [0.1, 0.15) is 18.1 Å². The molecular formula is C16H28N4O9. The van der Waals surface area contributed by atoms with E-state index in [4.69, 9.17) is 15.9 Å². The van der Waals surface area contributed by atoms with Crippen LogP contribution in [0.4, 0.5) is 0 Å². The van der Waals surface area contributed by atoms with Gasteiger partial charge in [-0.2, -0.15) is 0 Å². The summed E-state index contributed by atoms with van der Waals surface area (Å²) in [4.78, 5) is 58.0. The van der Waals surface area contributed by atoms with Crippen molar-refractivity contribution in [2.75, 3.05) is 13.2 Å². The number of carbonyl (C=O) groups excluding carboxylic acids is 3. The van der Waals surface area contributed by atoms with Crippen molar-refractivity contribution in [2.24, 2.45) is 11.7 Å². The Morgan fingerprint density at radius 1 is 0.828 bits per heavy atom. The first kappa shape index (κ1) is 26.2. The largest absolute Gasteiger partial charge is 0.481 e. The lowest BCUT2D eigenvalue weighted by Crippen LogP contribution is -2.59. The summed E-state index contributed by atoms with van der Waals surface area (Å²) in [6.45, 7) is 1.75. The molecule has 13 heteroatoms. The third kappa shape index (κ3) is 8.85. The van der Waals surface area contributed by atoms with Crippen LogP contribution in [0, 0.1) is 5.92 Å². The number of hydrogen-bond donors (Lipinski definition) is 8. The summed E-state index contributed by atoms with van der Waals surface area (Å²) >= 11 is 0. The zero-order valence-electron chi connectivity index (χ0n) is 16.1. The molecular weight excluding hydrogens is 392 g/mol. The average molecular weight is 420 g/mol. The number of nitrogens with two attached hydrogens (primary N) is 1. The molecule has 9 N–H and O–H groups in total. The summed E-state index contributed by atoms with van der Waals surface area (Å²) in [5.41, 5.74) is 5.74. The van der Waals surface area contributed by atoms with Crippen LogP contribution < -0.4 is 21.7 Å². The number of hydrogen-bond acceptors (Lipinski definition) is 8. The fraction of sp³-hybridized carbons (Fsp3) is 0.688. The molecule has 5 atom stereocenters. The Kier molecular flexibility index (Phi) is 11.4. The molecule has 0 aliphatic carbocycles. The lowest BCUT2D eigenvalue weighted by Gasteiger charge is -2.24. The fourth-order valence-electron chi connectivity index (χ4n) is 2.09. The first-order valence-corrected chi connectivity index (χ1v) is 8.81. The number of rotatable bonds is 13. The quantitative estimate of drug-likeness (QED) is 0.146. The van der Waals surface area contributed by atoms with E-state index in [1.807, 2.05) is 17.6 Å². The summed E-state index contributed by atoms with van der Waals surface area (Å²) in [7, 11) is 0. The molecule has 0 fully saturated rings. The number of amides is 3. The SMILES string of the molecule is CC[C@H](C)[C@H](N)C(=O)N[C@@H](CO)C(=O)N[C@@H](CO)C(=O)N[C@@H](CC(=O)O)C(=O)O. The van der Waals surface area contributed by atoms with Crippen LogP contribution in [-0.2, 0) is 24.0 Å². The highest BCUT2D eigenvalue weighted by molar-refractivity contribution is 5.94. The van der Waals surface area contributed by atoms with E-state index >= 15 is 0 Å². The van der Waals surface area contributed by atoms with Crippen LogP contribution in [0.25, 0.3) is 0 Å². The lowest BCUT2D eigenvalue weighted by molar-refractivity contribution is -0.147. The molecule has 0 unspecified atom stereocenters. The van der Waals surface area contributed by atoms with Gasteiger partial charge < -0.3 is 42.1 Å². The van der Waals surface area contributed by atoms with E-state index in [2.05, 4.69) is 5.32 Å². The number of nitrogens with one attached hydrogen (secondary N) is 3. The minimum Gasteiger partial charge on any atom is -0.481 e. The summed E-state index contributed by atoms with van der Waals surface area (Å²) in [5.74, 6) is -6.20. The van der Waals surface area contributed by atoms with Crippen molar-refractivity contribution >= 4 is 29.7 Å². The maximum absolute atomic E-state index is 12.2. The molecule has 0 saturated carbocycles. The molecule has 29 heavy (non-hydrogen) atoms. The molecule has 13 nitrogen and oxygen atoms in total. The standard InChI is InChI=1S/C16H28N4O9/c1-3-7(2)12(17)15(27)20-10(6-22)14(26)19-9(5-21)13(25)18-8(16(28)29)4-11(23)24/h7-10,12,21-22H,3-6,17H2,1-2H3,(H,18,25)(H,19,26)(H,20,27)(H,23,24)(H,28,29)/t7-,8-,9-,10-,12-/m0/s1. The van der Waals surface area contributed by atoms with Crippen LogP contribution in [0.5, 0.6) is 0 Å². The Labute approximate surface area is 166 Å². The molecule has 0 aromatic rings. The number of carboxylic acid groups (broad SMARTS) is 2. The average Bonchev–Trinajstić information content (AvgIpc) is 2.67. The fourth-order valence-corrected chi connectivity index (χ4v) is 2.09. The number of carbonyl (C=O) groups is 5. The van der Waals surface area contributed by atoms with Gasteiger partial charge in [0.05, 0.1) is 25.7 Å². The van der Waals surface area contributed by atoms with Gasteiger partial charge in [-0.1, -0.05) is 20.3 Å². The Morgan fingerprint density at radius 3 is 1.59 bits per heavy atom. The molecule has 0 aromatic carbocycles. The Bertz CT molecular complexity index is 613. The van der Waals surface area contributed by atoms with E-state index in [1.54, 1.807) is 6.92 Å². The molecule has 0 aromatic heterocycles. The van der Waals surface area contributed by atoms with Crippen LogP contribution in [-0.4, -0.2) is 87.5 Å². The van der Waals surface area contributed by atoms with Gasteiger partial charge in [0, 0.05) is 0 Å². The van der Waals surface area contributed by atoms with Gasteiger partial charge in [-0.15, -0.1) is 0 Å². The van der Waals surface area contributed by atoms with Gasteiger partial charge in [0.15, 0.2) is 0 Å². The molecule has 0 aliphatic rings. The van der Waals surface area contributed by atoms with Crippen molar-refractivity contribution < 1.29 is 44.4 Å². The first-order valence-electron chi connectivity index (χ1n) is 8.81. The second-order valence-corrected chi connectivity index (χ2v) is 6.40. The zero-order chi connectivity index (χ0) is 22.7. The van der Waals surface area contributed by atoms with E-state index in [9.17, 15) is 34.2 Å². The van der Waals surface area contributed by atoms with E-state index < -0.39 is 73.5 Å². The van der Waals surface area contributed by atoms with Crippen molar-refractivity contribution in [2.45, 2.75) is 50.9 Å². The highest BCUT2D eigenvalue weighted by Gasteiger charge is 2.31. The van der Waals surface area contributed by atoms with Crippen molar-refractivity contribution in [3.8, 4) is 0 Å². The van der Waals surface area contributed by atoms with Crippen molar-refractivity contribution in [3.63, 3.8) is 0 Å². The van der Waals surface area contributed by atoms with Crippen LogP contribution in [0.15, 0.2) is 0 Å². The normalized spacial score (nSPS) is 15.9. The minimum absolute atomic E-state index is 0.199. The predicted molar refractivity (Wildman–Crippen MR) is 97.3 cm³/mol. The second kappa shape index (κ2) is 12.6. The number of aliphatic carboxylic acids is 2. The molecule has 0 aliphatic heterocycles. The van der Waals surface area contributed by atoms with Crippen LogP contribution in [0.1, 0.15) is 26.7 Å². The monoisotopic (exact) mass is 420 g/mol.